The summed E-state index contributed by atoms with van der Waals surface area (Å²) in [6.07, 6.45) is 6.03. The largest absolute Gasteiger partial charge is 0.493 e. The van der Waals surface area contributed by atoms with Crippen molar-refractivity contribution in [2.45, 2.75) is 38.5 Å². The van der Waals surface area contributed by atoms with Crippen molar-refractivity contribution in [1.29, 1.82) is 0 Å². The lowest BCUT2D eigenvalue weighted by Gasteiger charge is -2.15. The summed E-state index contributed by atoms with van der Waals surface area (Å²) in [4.78, 5) is 0. The highest BCUT2D eigenvalue weighted by molar-refractivity contribution is 5.43. The van der Waals surface area contributed by atoms with Crippen LogP contribution in [-0.2, 0) is 12.8 Å². The number of aryl methyl sites for hydroxylation is 2. The van der Waals surface area contributed by atoms with Gasteiger partial charge in [0.15, 0.2) is 23.0 Å². The molecular formula is C24H34O5. The Labute approximate surface area is 174 Å². The molecule has 0 atom stereocenters. The molecule has 0 bridgehead atoms. The van der Waals surface area contributed by atoms with Gasteiger partial charge in [-0.05, 0) is 79.8 Å². The Morgan fingerprint density at radius 2 is 1.07 bits per heavy atom. The molecule has 0 unspecified atom stereocenters. The van der Waals surface area contributed by atoms with Crippen molar-refractivity contribution in [1.82, 2.24) is 0 Å². The van der Waals surface area contributed by atoms with Crippen molar-refractivity contribution >= 4 is 0 Å². The molecule has 1 N–H and O–H groups in total. The summed E-state index contributed by atoms with van der Waals surface area (Å²) in [6.45, 7) is 0.234. The Bertz CT molecular complexity index is 683. The molecule has 0 amide bonds. The van der Waals surface area contributed by atoms with E-state index in [0.717, 1.165) is 61.5 Å². The summed E-state index contributed by atoms with van der Waals surface area (Å²) in [5.41, 5.74) is 2.45. The lowest BCUT2D eigenvalue weighted by molar-refractivity contribution is 0.206. The van der Waals surface area contributed by atoms with Crippen molar-refractivity contribution in [2.75, 3.05) is 35.0 Å². The van der Waals surface area contributed by atoms with Gasteiger partial charge in [-0.15, -0.1) is 0 Å². The first-order chi connectivity index (χ1) is 14.1. The summed E-state index contributed by atoms with van der Waals surface area (Å²) in [5.74, 6) is 3.35. The molecule has 29 heavy (non-hydrogen) atoms. The van der Waals surface area contributed by atoms with E-state index in [4.69, 9.17) is 18.9 Å². The Kier molecular flexibility index (Phi) is 9.65. The number of hydrogen-bond donors (Lipinski definition) is 1. The molecule has 0 fully saturated rings. The number of hydrogen-bond acceptors (Lipinski definition) is 5. The zero-order chi connectivity index (χ0) is 21.1. The van der Waals surface area contributed by atoms with Gasteiger partial charge in [0, 0.05) is 6.61 Å². The quantitative estimate of drug-likeness (QED) is 0.527. The first-order valence-corrected chi connectivity index (χ1v) is 10.2. The maximum Gasteiger partial charge on any atom is 0.160 e. The molecule has 0 saturated heterocycles. The molecular weight excluding hydrogens is 368 g/mol. The Balaban J connectivity index is 1.78. The predicted octanol–water partition coefficient (Wildman–Crippen LogP) is 4.68. The van der Waals surface area contributed by atoms with Gasteiger partial charge >= 0.3 is 0 Å². The van der Waals surface area contributed by atoms with Crippen LogP contribution in [0, 0.1) is 5.92 Å². The standard InChI is InChI=1S/C24H34O5/c1-26-21-13-11-18(15-23(21)28-3)7-5-9-20(17-25)10-6-8-19-12-14-22(27-2)24(16-19)29-4/h11-16,20,25H,5-10,17H2,1-4H3. The van der Waals surface area contributed by atoms with Crippen LogP contribution < -0.4 is 18.9 Å². The topological polar surface area (TPSA) is 57.2 Å². The summed E-state index contributed by atoms with van der Waals surface area (Å²) in [6, 6.07) is 12.1. The first-order valence-electron chi connectivity index (χ1n) is 10.2. The van der Waals surface area contributed by atoms with E-state index in [0.29, 0.717) is 5.92 Å². The van der Waals surface area contributed by atoms with E-state index in [-0.39, 0.29) is 6.61 Å². The Hall–Kier alpha value is -2.40. The summed E-state index contributed by atoms with van der Waals surface area (Å²) >= 11 is 0. The fourth-order valence-electron chi connectivity index (χ4n) is 3.59. The van der Waals surface area contributed by atoms with Crippen LogP contribution in [0.15, 0.2) is 36.4 Å². The monoisotopic (exact) mass is 402 g/mol. The van der Waals surface area contributed by atoms with Crippen molar-refractivity contribution in [2.24, 2.45) is 5.92 Å². The zero-order valence-corrected chi connectivity index (χ0v) is 18.1. The van der Waals surface area contributed by atoms with E-state index < -0.39 is 0 Å². The van der Waals surface area contributed by atoms with Crippen LogP contribution in [0.5, 0.6) is 23.0 Å². The molecule has 5 heteroatoms. The highest BCUT2D eigenvalue weighted by Gasteiger charge is 2.10. The van der Waals surface area contributed by atoms with Gasteiger partial charge in [0.1, 0.15) is 0 Å². The molecule has 0 aromatic heterocycles. The number of rotatable bonds is 13. The lowest BCUT2D eigenvalue weighted by Crippen LogP contribution is -2.07. The van der Waals surface area contributed by atoms with Gasteiger partial charge < -0.3 is 24.1 Å². The number of aliphatic hydroxyl groups is 1. The smallest absolute Gasteiger partial charge is 0.160 e. The normalized spacial score (nSPS) is 10.8. The average Bonchev–Trinajstić information content (AvgIpc) is 2.77. The van der Waals surface area contributed by atoms with Gasteiger partial charge in [-0.3, -0.25) is 0 Å². The first kappa shape index (κ1) is 22.9. The van der Waals surface area contributed by atoms with Gasteiger partial charge in [0.2, 0.25) is 0 Å². The summed E-state index contributed by atoms with van der Waals surface area (Å²) < 4.78 is 21.3. The van der Waals surface area contributed by atoms with Crippen LogP contribution in [0.1, 0.15) is 36.8 Å². The van der Waals surface area contributed by atoms with Gasteiger partial charge in [0.05, 0.1) is 28.4 Å². The number of aliphatic hydroxyl groups excluding tert-OH is 1. The lowest BCUT2D eigenvalue weighted by atomic mass is 9.94. The van der Waals surface area contributed by atoms with Gasteiger partial charge in [-0.25, -0.2) is 0 Å². The zero-order valence-electron chi connectivity index (χ0n) is 18.1. The third-order valence-corrected chi connectivity index (χ3v) is 5.31. The van der Waals surface area contributed by atoms with E-state index in [1.807, 2.05) is 24.3 Å². The number of benzene rings is 2. The maximum atomic E-state index is 9.75. The number of methoxy groups -OCH3 is 4. The number of ether oxygens (including phenoxy) is 4. The minimum absolute atomic E-state index is 0.234. The van der Waals surface area contributed by atoms with E-state index in [2.05, 4.69) is 12.1 Å². The SMILES string of the molecule is COc1ccc(CCCC(CO)CCCc2ccc(OC)c(OC)c2)cc1OC. The second-order valence-corrected chi connectivity index (χ2v) is 7.21. The molecule has 160 valence electrons. The van der Waals surface area contributed by atoms with Crippen LogP contribution in [0.3, 0.4) is 0 Å². The summed E-state index contributed by atoms with van der Waals surface area (Å²) in [7, 11) is 6.60. The molecule has 2 rings (SSSR count). The van der Waals surface area contributed by atoms with Crippen molar-refractivity contribution in [3.63, 3.8) is 0 Å². The molecule has 5 nitrogen and oxygen atoms in total. The van der Waals surface area contributed by atoms with E-state index in [9.17, 15) is 5.11 Å². The van der Waals surface area contributed by atoms with Crippen LogP contribution >= 0.6 is 0 Å². The van der Waals surface area contributed by atoms with Gasteiger partial charge in [-0.2, -0.15) is 0 Å². The van der Waals surface area contributed by atoms with Gasteiger partial charge in [0.25, 0.3) is 0 Å². The third-order valence-electron chi connectivity index (χ3n) is 5.31. The minimum atomic E-state index is 0.234. The van der Waals surface area contributed by atoms with E-state index in [1.54, 1.807) is 28.4 Å². The Morgan fingerprint density at radius 1 is 0.655 bits per heavy atom. The molecule has 0 saturated carbocycles. The molecule has 0 spiro atoms. The highest BCUT2D eigenvalue weighted by atomic mass is 16.5. The molecule has 2 aromatic rings. The van der Waals surface area contributed by atoms with Gasteiger partial charge in [-0.1, -0.05) is 12.1 Å². The highest BCUT2D eigenvalue weighted by Crippen LogP contribution is 2.30. The minimum Gasteiger partial charge on any atom is -0.493 e. The molecule has 0 aliphatic rings. The van der Waals surface area contributed by atoms with Crippen molar-refractivity contribution in [3.8, 4) is 23.0 Å². The third kappa shape index (κ3) is 6.86. The predicted molar refractivity (Wildman–Crippen MR) is 116 cm³/mol. The van der Waals surface area contributed by atoms with E-state index >= 15 is 0 Å². The Morgan fingerprint density at radius 3 is 1.41 bits per heavy atom. The molecule has 0 radical (unpaired) electrons. The second kappa shape index (κ2) is 12.2. The summed E-state index contributed by atoms with van der Waals surface area (Å²) in [5, 5.41) is 9.75. The van der Waals surface area contributed by atoms with Crippen LogP contribution in [0.4, 0.5) is 0 Å². The van der Waals surface area contributed by atoms with Crippen molar-refractivity contribution < 1.29 is 24.1 Å². The molecule has 0 aliphatic heterocycles. The molecule has 0 aliphatic carbocycles. The molecule has 0 heterocycles. The average molecular weight is 403 g/mol. The van der Waals surface area contributed by atoms with Crippen LogP contribution in [0.25, 0.3) is 0 Å². The maximum absolute atomic E-state index is 9.75. The van der Waals surface area contributed by atoms with Crippen LogP contribution in [-0.4, -0.2) is 40.2 Å². The second-order valence-electron chi connectivity index (χ2n) is 7.21. The van der Waals surface area contributed by atoms with E-state index in [1.165, 1.54) is 11.1 Å². The van der Waals surface area contributed by atoms with Crippen molar-refractivity contribution in [3.05, 3.63) is 47.5 Å². The fourth-order valence-corrected chi connectivity index (χ4v) is 3.59. The fraction of sp³-hybridized carbons (Fsp3) is 0.500. The molecule has 2 aromatic carbocycles. The van der Waals surface area contributed by atoms with Crippen LogP contribution in [0.2, 0.25) is 0 Å².